The Kier molecular flexibility index (Phi) is 69.0. The Morgan fingerprint density at radius 1 is 1.25 bits per heavy atom. The SMILES string of the molecule is [O]=[AlH].[Tm].[Y]. The molecule has 0 heterocycles. The minimum Gasteiger partial charge on any atom is 0 e. The van der Waals surface area contributed by atoms with Gasteiger partial charge < -0.3 is 0 Å². The molecule has 0 saturated carbocycles. The smallest absolute Gasteiger partial charge is 0 e. The fourth-order valence-electron chi connectivity index (χ4n) is 0. The fourth-order valence-corrected chi connectivity index (χ4v) is 0. The molecule has 0 aromatic rings. The van der Waals surface area contributed by atoms with Crippen molar-refractivity contribution in [3.8, 4) is 0 Å². The van der Waals surface area contributed by atoms with Crippen molar-refractivity contribution in [3.63, 3.8) is 0 Å². The number of hydrogen-bond acceptors (Lipinski definition) is 1. The number of hydrogen-bond donors (Lipinski definition) is 0. The molecule has 0 atom stereocenters. The van der Waals surface area contributed by atoms with Crippen LogP contribution in [0.3, 0.4) is 0 Å². The maximum Gasteiger partial charge on any atom is 0 e. The first-order valence-electron chi connectivity index (χ1n) is 0.289. The molecule has 0 amide bonds. The summed E-state index contributed by atoms with van der Waals surface area (Å²) in [6, 6.07) is 0. The van der Waals surface area contributed by atoms with Crippen molar-refractivity contribution in [2.75, 3.05) is 0 Å². The molecule has 0 aliphatic heterocycles. The molecule has 0 saturated heterocycles. The molecule has 0 bridgehead atoms. The maximum absolute atomic E-state index is 8.28. The largest absolute Gasteiger partial charge is 0 e. The molecule has 0 fully saturated rings. The molecule has 1 nitrogen and oxygen atoms in total. The van der Waals surface area contributed by atoms with Crippen molar-refractivity contribution in [1.82, 2.24) is 0 Å². The Hall–Kier alpha value is 2.67. The second kappa shape index (κ2) is 17.3. The minimum absolute atomic E-state index is 0. The molecule has 0 aromatic heterocycles. The van der Waals surface area contributed by atoms with E-state index in [2.05, 4.69) is 0 Å². The second-order valence-corrected chi connectivity index (χ2v) is 0. The Labute approximate surface area is 87.6 Å². The van der Waals surface area contributed by atoms with E-state index in [4.69, 9.17) is 3.80 Å². The van der Waals surface area contributed by atoms with E-state index in [0.29, 0.717) is 16.2 Å². The molecule has 0 aromatic carbocycles. The second-order valence-electron chi connectivity index (χ2n) is 0. The van der Waals surface area contributed by atoms with Gasteiger partial charge in [-0.25, -0.2) is 0 Å². The average Bonchev–Trinajstić information content (AvgIpc) is 1.00. The van der Waals surface area contributed by atoms with E-state index in [1.54, 1.807) is 0 Å². The topological polar surface area (TPSA) is 17.1 Å². The molecule has 2 radical (unpaired) electrons. The molecule has 26 valence electrons. The van der Waals surface area contributed by atoms with Crippen molar-refractivity contribution in [1.29, 1.82) is 0 Å². The van der Waals surface area contributed by atoms with Gasteiger partial charge in [-0.15, -0.1) is 0 Å². The van der Waals surface area contributed by atoms with Crippen LogP contribution >= 0.6 is 0 Å². The van der Waals surface area contributed by atoms with Crippen LogP contribution in [-0.2, 0) is 36.5 Å². The van der Waals surface area contributed by atoms with Gasteiger partial charge >= 0.3 is 20.0 Å². The van der Waals surface area contributed by atoms with Gasteiger partial charge in [0.1, 0.15) is 0 Å². The van der Waals surface area contributed by atoms with Gasteiger partial charge in [-0.2, -0.15) is 0 Å². The summed E-state index contributed by atoms with van der Waals surface area (Å²) in [6.07, 6.45) is 0. The van der Waals surface area contributed by atoms with Crippen molar-refractivity contribution in [2.24, 2.45) is 0 Å². The number of rotatable bonds is 0. The third-order valence-corrected chi connectivity index (χ3v) is 0. The van der Waals surface area contributed by atoms with Gasteiger partial charge in [-0.1, -0.05) is 0 Å². The summed E-state index contributed by atoms with van der Waals surface area (Å²) >= 11 is 0.611. The normalized spacial score (nSPS) is 0.750. The van der Waals surface area contributed by atoms with Crippen LogP contribution in [0, 0.1) is 36.9 Å². The summed E-state index contributed by atoms with van der Waals surface area (Å²) in [5.74, 6) is 0. The summed E-state index contributed by atoms with van der Waals surface area (Å²) in [5.41, 5.74) is 0. The Morgan fingerprint density at radius 3 is 1.25 bits per heavy atom. The van der Waals surface area contributed by atoms with Crippen LogP contribution in [0.4, 0.5) is 0 Å². The van der Waals surface area contributed by atoms with Gasteiger partial charge in [0, 0.05) is 69.6 Å². The average molecular weight is 302 g/mol. The zero-order valence-corrected chi connectivity index (χ0v) is 8.00. The molecule has 0 aliphatic rings. The van der Waals surface area contributed by atoms with Crippen molar-refractivity contribution in [3.05, 3.63) is 0 Å². The van der Waals surface area contributed by atoms with E-state index in [1.165, 1.54) is 0 Å². The van der Waals surface area contributed by atoms with Gasteiger partial charge in [-0.05, 0) is 0 Å². The van der Waals surface area contributed by atoms with Crippen LogP contribution in [0.15, 0.2) is 0 Å². The third kappa shape index (κ3) is 8.82. The first kappa shape index (κ1) is 15.9. The van der Waals surface area contributed by atoms with Crippen molar-refractivity contribution < 1.29 is 73.4 Å². The van der Waals surface area contributed by atoms with Gasteiger partial charge in [0.15, 0.2) is 0 Å². The van der Waals surface area contributed by atoms with Crippen LogP contribution in [0.5, 0.6) is 0 Å². The van der Waals surface area contributed by atoms with Crippen molar-refractivity contribution in [2.45, 2.75) is 0 Å². The van der Waals surface area contributed by atoms with Gasteiger partial charge in [0.25, 0.3) is 0 Å². The van der Waals surface area contributed by atoms with E-state index < -0.39 is 0 Å². The molecule has 4 heteroatoms. The quantitative estimate of drug-likeness (QED) is 0.537. The molecular weight excluding hydrogens is 301 g/mol. The fraction of sp³-hybridized carbons (Fsp3) is 0. The van der Waals surface area contributed by atoms with E-state index in [-0.39, 0.29) is 69.6 Å². The molecule has 4 heavy (non-hydrogen) atoms. The Morgan fingerprint density at radius 2 is 1.25 bits per heavy atom. The maximum atomic E-state index is 8.28. The van der Waals surface area contributed by atoms with E-state index in [9.17, 15) is 0 Å². The monoisotopic (exact) mass is 302 g/mol. The zero-order valence-electron chi connectivity index (χ0n) is 1.97. The van der Waals surface area contributed by atoms with Crippen LogP contribution in [-0.4, -0.2) is 16.2 Å². The zero-order chi connectivity index (χ0) is 2.00. The van der Waals surface area contributed by atoms with Crippen LogP contribution < -0.4 is 0 Å². The molecule has 0 N–H and O–H groups in total. The van der Waals surface area contributed by atoms with E-state index >= 15 is 0 Å². The molecular formula is HAlOTmY. The van der Waals surface area contributed by atoms with Crippen molar-refractivity contribution >= 4 is 16.2 Å². The Bertz CT molecular complexity index is 8.00. The van der Waals surface area contributed by atoms with E-state index in [1.807, 2.05) is 0 Å². The molecule has 0 aliphatic carbocycles. The van der Waals surface area contributed by atoms with E-state index in [0.717, 1.165) is 0 Å². The van der Waals surface area contributed by atoms with Gasteiger partial charge in [-0.3, -0.25) is 0 Å². The van der Waals surface area contributed by atoms with Crippen LogP contribution in [0.2, 0.25) is 0 Å². The predicted octanol–water partition coefficient (Wildman–Crippen LogP) is -0.770. The van der Waals surface area contributed by atoms with Gasteiger partial charge in [0.05, 0.1) is 0 Å². The van der Waals surface area contributed by atoms with Gasteiger partial charge in [0.2, 0.25) is 0 Å². The summed E-state index contributed by atoms with van der Waals surface area (Å²) in [7, 11) is 0. The Balaban J connectivity index is -0.00000000500. The molecule has 0 spiro atoms. The minimum atomic E-state index is 0. The van der Waals surface area contributed by atoms with Crippen LogP contribution in [0.1, 0.15) is 0 Å². The summed E-state index contributed by atoms with van der Waals surface area (Å²) in [4.78, 5) is 0. The molecule has 0 rings (SSSR count). The first-order chi connectivity index (χ1) is 1.00. The van der Waals surface area contributed by atoms with Crippen LogP contribution in [0.25, 0.3) is 0 Å². The molecule has 0 unspecified atom stereocenters. The summed E-state index contributed by atoms with van der Waals surface area (Å²) in [6.45, 7) is 0. The summed E-state index contributed by atoms with van der Waals surface area (Å²) < 4.78 is 8.28. The standard InChI is InChI=1S/Al.O.Tm.Y.H. The predicted molar refractivity (Wildman–Crippen MR) is 7.84 cm³/mol. The third-order valence-electron chi connectivity index (χ3n) is 0. The first-order valence-corrected chi connectivity index (χ1v) is 0.866. The summed E-state index contributed by atoms with van der Waals surface area (Å²) in [5, 5.41) is 0.